The Bertz CT molecular complexity index is 463. The Morgan fingerprint density at radius 2 is 1.67 bits per heavy atom. The van der Waals surface area contributed by atoms with E-state index in [1.165, 1.54) is 14.2 Å². The van der Waals surface area contributed by atoms with Crippen LogP contribution in [-0.4, -0.2) is 27.3 Å². The Morgan fingerprint density at radius 3 is 2.11 bits per heavy atom. The maximum Gasteiger partial charge on any atom is 0.381 e. The van der Waals surface area contributed by atoms with Crippen molar-refractivity contribution in [1.29, 1.82) is 0 Å². The van der Waals surface area contributed by atoms with Gasteiger partial charge in [-0.2, -0.15) is 8.78 Å². The second-order valence-electron chi connectivity index (χ2n) is 3.25. The molecule has 0 saturated carbocycles. The molecule has 1 rings (SSSR count). The molecule has 0 spiro atoms. The Balaban J connectivity index is 3.37. The first-order valence-corrected chi connectivity index (χ1v) is 5.14. The third-order valence-electron chi connectivity index (χ3n) is 2.25. The van der Waals surface area contributed by atoms with Crippen LogP contribution in [-0.2, 0) is 15.5 Å². The van der Waals surface area contributed by atoms with Crippen molar-refractivity contribution in [3.05, 3.63) is 22.7 Å². The molecule has 0 N–H and O–H groups in total. The quantitative estimate of drug-likeness (QED) is 0.795. The number of methoxy groups -OCH3 is 3. The molecule has 100 valence electrons. The zero-order valence-corrected chi connectivity index (χ0v) is 10.7. The van der Waals surface area contributed by atoms with Crippen LogP contribution >= 0.6 is 11.6 Å². The lowest BCUT2D eigenvalue weighted by molar-refractivity contribution is -0.170. The van der Waals surface area contributed by atoms with E-state index in [0.29, 0.717) is 0 Å². The van der Waals surface area contributed by atoms with E-state index in [1.807, 2.05) is 0 Å². The zero-order chi connectivity index (χ0) is 13.9. The normalized spacial score (nSPS) is 11.0. The molecule has 0 radical (unpaired) electrons. The van der Waals surface area contributed by atoms with Gasteiger partial charge in [0, 0.05) is 6.07 Å². The molecule has 4 nitrogen and oxygen atoms in total. The third kappa shape index (κ3) is 2.48. The summed E-state index contributed by atoms with van der Waals surface area (Å²) in [6, 6.07) is 2.09. The van der Waals surface area contributed by atoms with Gasteiger partial charge in [0.1, 0.15) is 0 Å². The lowest BCUT2D eigenvalue weighted by Crippen LogP contribution is -2.27. The van der Waals surface area contributed by atoms with Crippen LogP contribution in [0.1, 0.15) is 5.56 Å². The topological polar surface area (TPSA) is 44.8 Å². The number of rotatable bonds is 4. The van der Waals surface area contributed by atoms with Crippen molar-refractivity contribution in [3.8, 4) is 11.5 Å². The Hall–Kier alpha value is -1.56. The first-order valence-electron chi connectivity index (χ1n) is 4.76. The smallest absolute Gasteiger partial charge is 0.381 e. The van der Waals surface area contributed by atoms with Crippen LogP contribution in [0.2, 0.25) is 5.02 Å². The van der Waals surface area contributed by atoms with Crippen LogP contribution in [0, 0.1) is 0 Å². The fourth-order valence-corrected chi connectivity index (χ4v) is 1.61. The number of halogens is 3. The summed E-state index contributed by atoms with van der Waals surface area (Å²) in [6.07, 6.45) is 0. The predicted molar refractivity (Wildman–Crippen MR) is 60.5 cm³/mol. The van der Waals surface area contributed by atoms with Gasteiger partial charge in [-0.05, 0) is 6.07 Å². The number of hydrogen-bond donors (Lipinski definition) is 0. The van der Waals surface area contributed by atoms with Crippen molar-refractivity contribution >= 4 is 17.6 Å². The Morgan fingerprint density at radius 1 is 1.17 bits per heavy atom. The van der Waals surface area contributed by atoms with Crippen molar-refractivity contribution in [1.82, 2.24) is 0 Å². The molecule has 7 heteroatoms. The minimum absolute atomic E-state index is 0.0421. The lowest BCUT2D eigenvalue weighted by Gasteiger charge is -2.17. The van der Waals surface area contributed by atoms with Crippen LogP contribution in [0.5, 0.6) is 11.5 Å². The van der Waals surface area contributed by atoms with E-state index >= 15 is 0 Å². The number of carbonyl (C=O) groups is 1. The fourth-order valence-electron chi connectivity index (χ4n) is 1.33. The highest BCUT2D eigenvalue weighted by molar-refractivity contribution is 6.32. The summed E-state index contributed by atoms with van der Waals surface area (Å²) >= 11 is 5.70. The molecular weight excluding hydrogens is 270 g/mol. The molecule has 18 heavy (non-hydrogen) atoms. The van der Waals surface area contributed by atoms with Gasteiger partial charge >= 0.3 is 11.9 Å². The van der Waals surface area contributed by atoms with Crippen LogP contribution < -0.4 is 9.47 Å². The summed E-state index contributed by atoms with van der Waals surface area (Å²) in [7, 11) is 3.49. The summed E-state index contributed by atoms with van der Waals surface area (Å²) < 4.78 is 41.2. The van der Waals surface area contributed by atoms with Gasteiger partial charge in [0.15, 0.2) is 11.5 Å². The maximum atomic E-state index is 13.7. The molecule has 0 saturated heterocycles. The molecule has 1 aromatic rings. The molecule has 0 aliphatic heterocycles. The van der Waals surface area contributed by atoms with Gasteiger partial charge in [-0.25, -0.2) is 4.79 Å². The minimum Gasteiger partial charge on any atom is -0.493 e. The van der Waals surface area contributed by atoms with Crippen LogP contribution in [0.15, 0.2) is 12.1 Å². The van der Waals surface area contributed by atoms with Crippen LogP contribution in [0.25, 0.3) is 0 Å². The van der Waals surface area contributed by atoms with Gasteiger partial charge < -0.3 is 14.2 Å². The lowest BCUT2D eigenvalue weighted by atomic mass is 10.1. The van der Waals surface area contributed by atoms with E-state index in [9.17, 15) is 13.6 Å². The monoisotopic (exact) mass is 280 g/mol. The number of esters is 1. The number of benzene rings is 1. The standard InChI is InChI=1S/C11H11ClF2O4/c1-16-8-4-6(7(12)5-9(8)17-2)11(13,14)10(15)18-3/h4-5H,1-3H3. The minimum atomic E-state index is -3.86. The highest BCUT2D eigenvalue weighted by atomic mass is 35.5. The van der Waals surface area contributed by atoms with Gasteiger partial charge in [-0.3, -0.25) is 0 Å². The van der Waals surface area contributed by atoms with E-state index in [-0.39, 0.29) is 16.5 Å². The number of alkyl halides is 2. The first-order chi connectivity index (χ1) is 8.38. The van der Waals surface area contributed by atoms with E-state index < -0.39 is 17.5 Å². The molecule has 1 aromatic carbocycles. The zero-order valence-electron chi connectivity index (χ0n) is 9.92. The molecule has 0 unspecified atom stereocenters. The third-order valence-corrected chi connectivity index (χ3v) is 2.57. The summed E-state index contributed by atoms with van der Waals surface area (Å²) in [6.45, 7) is 0. The van der Waals surface area contributed by atoms with Crippen molar-refractivity contribution in [2.45, 2.75) is 5.92 Å². The van der Waals surface area contributed by atoms with Gasteiger partial charge in [0.05, 0.1) is 31.9 Å². The molecule has 0 atom stereocenters. The van der Waals surface area contributed by atoms with Crippen molar-refractivity contribution in [2.75, 3.05) is 21.3 Å². The molecular formula is C11H11ClF2O4. The maximum absolute atomic E-state index is 13.7. The van der Waals surface area contributed by atoms with Crippen molar-refractivity contribution < 1.29 is 27.8 Å². The Kier molecular flexibility index (Phi) is 4.34. The first kappa shape index (κ1) is 14.5. The molecule has 0 amide bonds. The van der Waals surface area contributed by atoms with Gasteiger partial charge in [-0.15, -0.1) is 0 Å². The van der Waals surface area contributed by atoms with Gasteiger partial charge in [0.2, 0.25) is 0 Å². The average Bonchev–Trinajstić information content (AvgIpc) is 2.36. The summed E-state index contributed by atoms with van der Waals surface area (Å²) in [5, 5.41) is -0.317. The summed E-state index contributed by atoms with van der Waals surface area (Å²) in [5.74, 6) is -5.32. The Labute approximate surface area is 107 Å². The molecule has 0 aromatic heterocycles. The summed E-state index contributed by atoms with van der Waals surface area (Å²) in [5.41, 5.74) is -0.700. The second kappa shape index (κ2) is 5.39. The number of hydrogen-bond acceptors (Lipinski definition) is 4. The highest BCUT2D eigenvalue weighted by Gasteiger charge is 2.44. The predicted octanol–water partition coefficient (Wildman–Crippen LogP) is 2.62. The highest BCUT2D eigenvalue weighted by Crippen LogP contribution is 2.41. The molecule has 0 heterocycles. The van der Waals surface area contributed by atoms with Crippen molar-refractivity contribution in [3.63, 3.8) is 0 Å². The van der Waals surface area contributed by atoms with Crippen LogP contribution in [0.4, 0.5) is 8.78 Å². The number of carbonyl (C=O) groups excluding carboxylic acids is 1. The molecule has 0 aliphatic carbocycles. The van der Waals surface area contributed by atoms with Crippen LogP contribution in [0.3, 0.4) is 0 Å². The van der Waals surface area contributed by atoms with Gasteiger partial charge in [-0.1, -0.05) is 11.6 Å². The number of ether oxygens (including phenoxy) is 3. The fraction of sp³-hybridized carbons (Fsp3) is 0.364. The van der Waals surface area contributed by atoms with Gasteiger partial charge in [0.25, 0.3) is 0 Å². The van der Waals surface area contributed by atoms with E-state index in [0.717, 1.165) is 19.2 Å². The molecule has 0 bridgehead atoms. The van der Waals surface area contributed by atoms with E-state index in [1.54, 1.807) is 0 Å². The largest absolute Gasteiger partial charge is 0.493 e. The van der Waals surface area contributed by atoms with E-state index in [4.69, 9.17) is 21.1 Å². The van der Waals surface area contributed by atoms with Crippen molar-refractivity contribution in [2.24, 2.45) is 0 Å². The summed E-state index contributed by atoms with van der Waals surface area (Å²) in [4.78, 5) is 11.0. The second-order valence-corrected chi connectivity index (χ2v) is 3.66. The van der Waals surface area contributed by atoms with E-state index in [2.05, 4.69) is 4.74 Å². The SMILES string of the molecule is COC(=O)C(F)(F)c1cc(OC)c(OC)cc1Cl. The molecule has 0 aliphatic rings. The average molecular weight is 281 g/mol. The molecule has 0 fully saturated rings.